The average Bonchev–Trinajstić information content (AvgIpc) is 2.79. The highest BCUT2D eigenvalue weighted by Gasteiger charge is 2.30. The summed E-state index contributed by atoms with van der Waals surface area (Å²) in [5.41, 5.74) is 2.92. The van der Waals surface area contributed by atoms with Gasteiger partial charge in [0.15, 0.2) is 0 Å². The summed E-state index contributed by atoms with van der Waals surface area (Å²) in [4.78, 5) is 28.1. The number of hydrogen-bond donors (Lipinski definition) is 1. The van der Waals surface area contributed by atoms with Crippen LogP contribution in [0.1, 0.15) is 36.1 Å². The molecule has 0 aliphatic heterocycles. The van der Waals surface area contributed by atoms with Crippen LogP contribution in [0.3, 0.4) is 0 Å². The Balaban J connectivity index is 1.90. The van der Waals surface area contributed by atoms with Crippen LogP contribution in [0, 0.1) is 0 Å². The molecular formula is C26H28N2O2. The summed E-state index contributed by atoms with van der Waals surface area (Å²) in [5, 5.41) is 2.91. The van der Waals surface area contributed by atoms with Crippen LogP contribution in [0.25, 0.3) is 0 Å². The number of amides is 2. The number of likely N-dealkylation sites (N-methyl/N-ethyl adjacent to an activating group) is 1. The molecule has 0 unspecified atom stereocenters. The van der Waals surface area contributed by atoms with Gasteiger partial charge in [0.1, 0.15) is 6.04 Å². The lowest BCUT2D eigenvalue weighted by Gasteiger charge is -2.31. The maximum Gasteiger partial charge on any atom is 0.247 e. The van der Waals surface area contributed by atoms with Crippen LogP contribution < -0.4 is 5.32 Å². The minimum atomic E-state index is -0.672. The van der Waals surface area contributed by atoms with Crippen LogP contribution in [0.15, 0.2) is 91.0 Å². The van der Waals surface area contributed by atoms with Crippen molar-refractivity contribution in [1.29, 1.82) is 0 Å². The molecule has 0 heterocycles. The molecule has 3 rings (SSSR count). The normalized spacial score (nSPS) is 11.5. The van der Waals surface area contributed by atoms with Crippen molar-refractivity contribution in [3.05, 3.63) is 108 Å². The second kappa shape index (κ2) is 11.0. The Morgan fingerprint density at radius 1 is 0.800 bits per heavy atom. The fourth-order valence-corrected chi connectivity index (χ4v) is 3.52. The number of nitrogens with zero attached hydrogens (tertiary/aromatic N) is 1. The lowest BCUT2D eigenvalue weighted by Crippen LogP contribution is -2.43. The van der Waals surface area contributed by atoms with Crippen molar-refractivity contribution in [1.82, 2.24) is 10.2 Å². The third-order valence-electron chi connectivity index (χ3n) is 5.01. The van der Waals surface area contributed by atoms with E-state index in [9.17, 15) is 9.59 Å². The molecule has 154 valence electrons. The summed E-state index contributed by atoms with van der Waals surface area (Å²) in [6.45, 7) is 2.78. The van der Waals surface area contributed by atoms with Crippen molar-refractivity contribution in [2.45, 2.75) is 32.4 Å². The molecule has 0 saturated carbocycles. The van der Waals surface area contributed by atoms with Crippen molar-refractivity contribution < 1.29 is 9.59 Å². The molecule has 0 saturated heterocycles. The smallest absolute Gasteiger partial charge is 0.247 e. The molecule has 0 radical (unpaired) electrons. The number of carbonyl (C=O) groups excluding carboxylic acids is 2. The van der Waals surface area contributed by atoms with Gasteiger partial charge in [0.25, 0.3) is 0 Å². The van der Waals surface area contributed by atoms with Gasteiger partial charge in [-0.25, -0.2) is 0 Å². The number of benzene rings is 3. The van der Waals surface area contributed by atoms with E-state index >= 15 is 0 Å². The van der Waals surface area contributed by atoms with Gasteiger partial charge in [-0.3, -0.25) is 9.59 Å². The second-order valence-electron chi connectivity index (χ2n) is 7.20. The van der Waals surface area contributed by atoms with E-state index in [4.69, 9.17) is 0 Å². The molecule has 0 aliphatic rings. The van der Waals surface area contributed by atoms with Crippen molar-refractivity contribution >= 4 is 11.8 Å². The molecule has 4 heteroatoms. The SMILES string of the molecule is CCNC(=O)[C@H](c1ccccc1)N(Cc1ccccc1)C(=O)CCc1ccccc1. The van der Waals surface area contributed by atoms with Gasteiger partial charge in [-0.15, -0.1) is 0 Å². The molecule has 30 heavy (non-hydrogen) atoms. The minimum absolute atomic E-state index is 0.0391. The summed E-state index contributed by atoms with van der Waals surface area (Å²) in [5.74, 6) is -0.199. The van der Waals surface area contributed by atoms with Gasteiger partial charge in [0, 0.05) is 19.5 Å². The number of rotatable bonds is 9. The monoisotopic (exact) mass is 400 g/mol. The molecule has 0 aliphatic carbocycles. The van der Waals surface area contributed by atoms with E-state index in [1.807, 2.05) is 97.9 Å². The van der Waals surface area contributed by atoms with Crippen LogP contribution in [-0.4, -0.2) is 23.3 Å². The molecule has 2 amide bonds. The first kappa shape index (κ1) is 21.3. The van der Waals surface area contributed by atoms with E-state index < -0.39 is 6.04 Å². The molecule has 0 bridgehead atoms. The van der Waals surface area contributed by atoms with E-state index in [1.54, 1.807) is 4.90 Å². The Hall–Kier alpha value is -3.40. The first-order valence-electron chi connectivity index (χ1n) is 10.4. The maximum absolute atomic E-state index is 13.4. The van der Waals surface area contributed by atoms with Gasteiger partial charge in [-0.05, 0) is 30.0 Å². The summed E-state index contributed by atoms with van der Waals surface area (Å²) in [6, 6.07) is 28.6. The molecule has 1 atom stereocenters. The number of hydrogen-bond acceptors (Lipinski definition) is 2. The third kappa shape index (κ3) is 5.80. The Bertz CT molecular complexity index is 927. The predicted octanol–water partition coefficient (Wildman–Crippen LogP) is 4.53. The topological polar surface area (TPSA) is 49.4 Å². The van der Waals surface area contributed by atoms with E-state index in [-0.39, 0.29) is 11.8 Å². The number of nitrogens with one attached hydrogen (secondary N) is 1. The van der Waals surface area contributed by atoms with Crippen molar-refractivity contribution in [2.75, 3.05) is 6.54 Å². The zero-order valence-corrected chi connectivity index (χ0v) is 17.3. The fourth-order valence-electron chi connectivity index (χ4n) is 3.52. The summed E-state index contributed by atoms with van der Waals surface area (Å²) < 4.78 is 0. The zero-order chi connectivity index (χ0) is 21.2. The first-order valence-corrected chi connectivity index (χ1v) is 10.4. The third-order valence-corrected chi connectivity index (χ3v) is 5.01. The van der Waals surface area contributed by atoms with Crippen molar-refractivity contribution in [3.8, 4) is 0 Å². The lowest BCUT2D eigenvalue weighted by atomic mass is 10.0. The number of aryl methyl sites for hydroxylation is 1. The molecule has 1 N–H and O–H groups in total. The quantitative estimate of drug-likeness (QED) is 0.574. The van der Waals surface area contributed by atoms with Crippen LogP contribution >= 0.6 is 0 Å². The van der Waals surface area contributed by atoms with E-state index in [0.717, 1.165) is 16.7 Å². The minimum Gasteiger partial charge on any atom is -0.354 e. The van der Waals surface area contributed by atoms with E-state index in [1.165, 1.54) is 0 Å². The van der Waals surface area contributed by atoms with Gasteiger partial charge in [0.2, 0.25) is 11.8 Å². The predicted molar refractivity (Wildman–Crippen MR) is 120 cm³/mol. The average molecular weight is 401 g/mol. The van der Waals surface area contributed by atoms with Gasteiger partial charge in [-0.2, -0.15) is 0 Å². The van der Waals surface area contributed by atoms with Crippen LogP contribution in [0.4, 0.5) is 0 Å². The molecule has 4 nitrogen and oxygen atoms in total. The second-order valence-corrected chi connectivity index (χ2v) is 7.20. The highest BCUT2D eigenvalue weighted by molar-refractivity contribution is 5.88. The van der Waals surface area contributed by atoms with Crippen LogP contribution in [0.5, 0.6) is 0 Å². The lowest BCUT2D eigenvalue weighted by molar-refractivity contribution is -0.141. The van der Waals surface area contributed by atoms with E-state index in [0.29, 0.717) is 25.9 Å². The maximum atomic E-state index is 13.4. The van der Waals surface area contributed by atoms with Gasteiger partial charge in [-0.1, -0.05) is 91.0 Å². The molecular weight excluding hydrogens is 372 g/mol. The van der Waals surface area contributed by atoms with Gasteiger partial charge in [0.05, 0.1) is 0 Å². The van der Waals surface area contributed by atoms with Crippen LogP contribution in [-0.2, 0) is 22.6 Å². The standard InChI is InChI=1S/C26H28N2O2/c1-2-27-26(30)25(23-16-10-5-11-17-23)28(20-22-14-8-4-9-15-22)24(29)19-18-21-12-6-3-7-13-21/h3-17,25H,2,18-20H2,1H3,(H,27,30)/t25-/m0/s1. The Morgan fingerprint density at radius 2 is 1.33 bits per heavy atom. The fraction of sp³-hybridized carbons (Fsp3) is 0.231. The van der Waals surface area contributed by atoms with Gasteiger partial charge >= 0.3 is 0 Å². The Kier molecular flexibility index (Phi) is 7.78. The summed E-state index contributed by atoms with van der Waals surface area (Å²) >= 11 is 0. The van der Waals surface area contributed by atoms with Gasteiger partial charge < -0.3 is 10.2 Å². The molecule has 0 spiro atoms. The Labute approximate surface area is 178 Å². The molecule has 3 aromatic carbocycles. The highest BCUT2D eigenvalue weighted by Crippen LogP contribution is 2.25. The summed E-state index contributed by atoms with van der Waals surface area (Å²) in [7, 11) is 0. The summed E-state index contributed by atoms with van der Waals surface area (Å²) in [6.07, 6.45) is 0.988. The molecule has 3 aromatic rings. The first-order chi connectivity index (χ1) is 14.7. The highest BCUT2D eigenvalue weighted by atomic mass is 16.2. The van der Waals surface area contributed by atoms with E-state index in [2.05, 4.69) is 5.32 Å². The zero-order valence-electron chi connectivity index (χ0n) is 17.3. The van der Waals surface area contributed by atoms with Crippen molar-refractivity contribution in [3.63, 3.8) is 0 Å². The number of carbonyl (C=O) groups is 2. The molecule has 0 fully saturated rings. The van der Waals surface area contributed by atoms with Crippen LogP contribution in [0.2, 0.25) is 0 Å². The van der Waals surface area contributed by atoms with Crippen molar-refractivity contribution in [2.24, 2.45) is 0 Å². The Morgan fingerprint density at radius 3 is 1.90 bits per heavy atom. The largest absolute Gasteiger partial charge is 0.354 e. The molecule has 0 aromatic heterocycles.